The van der Waals surface area contributed by atoms with Gasteiger partial charge in [0.2, 0.25) is 0 Å². The van der Waals surface area contributed by atoms with Gasteiger partial charge in [-0.25, -0.2) is 8.42 Å². The molecule has 0 aromatic rings. The minimum atomic E-state index is -6.09. The predicted molar refractivity (Wildman–Crippen MR) is 64.7 cm³/mol. The number of rotatable bonds is 1. The van der Waals surface area contributed by atoms with Gasteiger partial charge in [-0.2, -0.15) is 13.2 Å². The van der Waals surface area contributed by atoms with Crippen LogP contribution in [0.5, 0.6) is 0 Å². The summed E-state index contributed by atoms with van der Waals surface area (Å²) < 4.78 is 61.0. The third kappa shape index (κ3) is 8.59. The molecule has 0 N–H and O–H groups in total. The van der Waals surface area contributed by atoms with Gasteiger partial charge in [-0.1, -0.05) is 6.92 Å². The maximum absolute atomic E-state index is 10.7. The zero-order valence-corrected chi connectivity index (χ0v) is 12.4. The van der Waals surface area contributed by atoms with Crippen LogP contribution in [0.15, 0.2) is 0 Å². The number of hydrogen-bond acceptors (Lipinski definition) is 4. The summed E-state index contributed by atoms with van der Waals surface area (Å²) >= 11 is 1.86. The van der Waals surface area contributed by atoms with Crippen molar-refractivity contribution in [3.8, 4) is 0 Å². The van der Waals surface area contributed by atoms with Gasteiger partial charge in [0.1, 0.15) is 0 Å². The summed E-state index contributed by atoms with van der Waals surface area (Å²) in [5.41, 5.74) is -5.65. The van der Waals surface area contributed by atoms with Crippen LogP contribution >= 0.6 is 11.8 Å². The highest BCUT2D eigenvalue weighted by atomic mass is 32.2. The van der Waals surface area contributed by atoms with Crippen LogP contribution in [0.25, 0.3) is 0 Å². The van der Waals surface area contributed by atoms with Crippen molar-refractivity contribution in [1.82, 2.24) is 4.90 Å². The number of thioether (sulfide) groups is 1. The number of halogens is 3. The molecule has 0 rings (SSSR count). The average molecular weight is 310 g/mol. The molecule has 10 heteroatoms. The van der Waals surface area contributed by atoms with E-state index in [1.807, 2.05) is 11.8 Å². The first-order chi connectivity index (χ1) is 7.84. The van der Waals surface area contributed by atoms with Crippen molar-refractivity contribution in [3.05, 3.63) is 0 Å². The molecule has 0 atom stereocenters. The van der Waals surface area contributed by atoms with Crippen LogP contribution in [0.2, 0.25) is 0 Å². The lowest BCUT2D eigenvalue weighted by molar-refractivity contribution is -0.466. The van der Waals surface area contributed by atoms with Crippen LogP contribution in [-0.4, -0.2) is 67.1 Å². The standard InChI is InChI=1S/C7H17N2S.CHF3O3S/c1-6-10-7(8(2)3)9(4)5;2-1(3,4)8(5,6)7/h6H2,1-5H3;(H,5,6,7)/q+1;/p-1. The van der Waals surface area contributed by atoms with E-state index in [4.69, 9.17) is 13.0 Å². The maximum atomic E-state index is 10.7. The van der Waals surface area contributed by atoms with Crippen LogP contribution in [0.3, 0.4) is 0 Å². The summed E-state index contributed by atoms with van der Waals surface area (Å²) in [6.07, 6.45) is 0. The second-order valence-electron chi connectivity index (χ2n) is 3.40. The van der Waals surface area contributed by atoms with Crippen LogP contribution in [0.1, 0.15) is 6.92 Å². The molecule has 0 saturated heterocycles. The van der Waals surface area contributed by atoms with E-state index in [0.29, 0.717) is 0 Å². The van der Waals surface area contributed by atoms with Crippen molar-refractivity contribution in [3.63, 3.8) is 0 Å². The molecule has 110 valence electrons. The Morgan fingerprint density at radius 2 is 1.67 bits per heavy atom. The minimum Gasteiger partial charge on any atom is -0.741 e. The molecule has 5 nitrogen and oxygen atoms in total. The Labute approximate surface area is 109 Å². The largest absolute Gasteiger partial charge is 0.741 e. The number of alkyl halides is 3. The molecule has 0 saturated carbocycles. The monoisotopic (exact) mass is 310 g/mol. The summed E-state index contributed by atoms with van der Waals surface area (Å²) in [7, 11) is 2.18. The molecular weight excluding hydrogens is 293 g/mol. The van der Waals surface area contributed by atoms with E-state index >= 15 is 0 Å². The van der Waals surface area contributed by atoms with E-state index in [1.54, 1.807) is 0 Å². The summed E-state index contributed by atoms with van der Waals surface area (Å²) in [5.74, 6) is 1.13. The fraction of sp³-hybridized carbons (Fsp3) is 0.875. The van der Waals surface area contributed by atoms with Gasteiger partial charge in [-0.3, -0.25) is 9.48 Å². The second-order valence-corrected chi connectivity index (χ2v) is 6.01. The van der Waals surface area contributed by atoms with Crippen LogP contribution < -0.4 is 0 Å². The highest BCUT2D eigenvalue weighted by Crippen LogP contribution is 2.20. The molecule has 0 aliphatic carbocycles. The lowest BCUT2D eigenvalue weighted by Gasteiger charge is -2.08. The van der Waals surface area contributed by atoms with E-state index < -0.39 is 15.6 Å². The van der Waals surface area contributed by atoms with E-state index in [2.05, 4.69) is 44.6 Å². The van der Waals surface area contributed by atoms with Crippen molar-refractivity contribution in [2.75, 3.05) is 33.9 Å². The first-order valence-corrected chi connectivity index (χ1v) is 7.10. The van der Waals surface area contributed by atoms with E-state index in [1.165, 1.54) is 5.17 Å². The molecule has 0 aromatic carbocycles. The molecule has 0 aliphatic heterocycles. The van der Waals surface area contributed by atoms with Gasteiger partial charge >= 0.3 is 10.7 Å². The van der Waals surface area contributed by atoms with Gasteiger partial charge in [-0.15, -0.1) is 0 Å². The van der Waals surface area contributed by atoms with Crippen LogP contribution in [0, 0.1) is 0 Å². The number of amidine groups is 1. The van der Waals surface area contributed by atoms with E-state index in [0.717, 1.165) is 5.75 Å². The molecule has 0 aromatic heterocycles. The first kappa shape index (κ1) is 19.9. The molecule has 0 amide bonds. The van der Waals surface area contributed by atoms with Gasteiger partial charge in [0.15, 0.2) is 10.1 Å². The first-order valence-electron chi connectivity index (χ1n) is 4.71. The normalized spacial score (nSPS) is 11.4. The van der Waals surface area contributed by atoms with Gasteiger partial charge in [0.05, 0.1) is 28.2 Å². The summed E-state index contributed by atoms with van der Waals surface area (Å²) in [6.45, 7) is 2.16. The molecule has 0 fully saturated rings. The number of nitrogens with zero attached hydrogens (tertiary/aromatic N) is 2. The molecule has 0 spiro atoms. The highest BCUT2D eigenvalue weighted by Gasteiger charge is 2.36. The summed E-state index contributed by atoms with van der Waals surface area (Å²) in [6, 6.07) is 0. The predicted octanol–water partition coefficient (Wildman–Crippen LogP) is 0.981. The van der Waals surface area contributed by atoms with Crippen molar-refractivity contribution in [2.45, 2.75) is 12.4 Å². The second kappa shape index (κ2) is 7.85. The SMILES string of the molecule is CCSC(N(C)C)=[N+](C)C.O=S(=O)([O-])C(F)(F)F. The fourth-order valence-electron chi connectivity index (χ4n) is 0.787. The van der Waals surface area contributed by atoms with E-state index in [9.17, 15) is 13.2 Å². The molecule has 0 radical (unpaired) electrons. The lowest BCUT2D eigenvalue weighted by atomic mass is 10.9. The Kier molecular flexibility index (Phi) is 8.65. The lowest BCUT2D eigenvalue weighted by Crippen LogP contribution is -2.26. The van der Waals surface area contributed by atoms with Crippen molar-refractivity contribution in [1.29, 1.82) is 0 Å². The van der Waals surface area contributed by atoms with Crippen molar-refractivity contribution < 1.29 is 30.7 Å². The molecule has 18 heavy (non-hydrogen) atoms. The van der Waals surface area contributed by atoms with E-state index in [-0.39, 0.29) is 0 Å². The fourth-order valence-corrected chi connectivity index (χ4v) is 1.56. The highest BCUT2D eigenvalue weighted by molar-refractivity contribution is 8.13. The zero-order valence-electron chi connectivity index (χ0n) is 10.8. The van der Waals surface area contributed by atoms with Crippen LogP contribution in [-0.2, 0) is 10.1 Å². The molecule has 0 bridgehead atoms. The summed E-state index contributed by atoms with van der Waals surface area (Å²) in [5, 5.41) is 1.31. The Morgan fingerprint density at radius 3 is 1.72 bits per heavy atom. The molecule has 0 unspecified atom stereocenters. The molecular formula is C8H17F3N2O3S2. The quantitative estimate of drug-likeness (QED) is 0.237. The van der Waals surface area contributed by atoms with Crippen LogP contribution in [0.4, 0.5) is 13.2 Å². The third-order valence-electron chi connectivity index (χ3n) is 1.32. The number of hydrogen-bond donors (Lipinski definition) is 0. The molecule has 0 heterocycles. The van der Waals surface area contributed by atoms with Crippen molar-refractivity contribution >= 4 is 27.0 Å². The maximum Gasteiger partial charge on any atom is 0.485 e. The minimum absolute atomic E-state index is 1.13. The Balaban J connectivity index is 0. The topological polar surface area (TPSA) is 63.5 Å². The molecule has 0 aliphatic rings. The van der Waals surface area contributed by atoms with Gasteiger partial charge in [0.25, 0.3) is 0 Å². The Bertz CT molecular complexity index is 374. The average Bonchev–Trinajstić information content (AvgIpc) is 2.10. The Morgan fingerprint density at radius 1 is 1.33 bits per heavy atom. The summed E-state index contributed by atoms with van der Waals surface area (Å²) in [4.78, 5) is 2.13. The smallest absolute Gasteiger partial charge is 0.485 e. The van der Waals surface area contributed by atoms with Crippen molar-refractivity contribution in [2.24, 2.45) is 0 Å². The van der Waals surface area contributed by atoms with Gasteiger partial charge in [-0.05, 0) is 11.8 Å². The Hall–Kier alpha value is -0.480. The van der Waals surface area contributed by atoms with Gasteiger partial charge in [0, 0.05) is 5.75 Å². The zero-order chi connectivity index (χ0) is 15.1. The third-order valence-corrected chi connectivity index (χ3v) is 3.17. The van der Waals surface area contributed by atoms with Gasteiger partial charge < -0.3 is 4.55 Å².